The van der Waals surface area contributed by atoms with Crippen molar-refractivity contribution in [3.05, 3.63) is 23.9 Å². The zero-order valence-corrected chi connectivity index (χ0v) is 12.4. The fourth-order valence-corrected chi connectivity index (χ4v) is 2.84. The van der Waals surface area contributed by atoms with E-state index in [-0.39, 0.29) is 0 Å². The number of hydrogen-bond donors (Lipinski definition) is 1. The molecule has 1 aliphatic rings. The van der Waals surface area contributed by atoms with Crippen molar-refractivity contribution in [3.63, 3.8) is 0 Å². The minimum Gasteiger partial charge on any atom is -0.297 e. The molecule has 1 aromatic rings. The molecule has 1 atom stereocenters. The highest BCUT2D eigenvalue weighted by molar-refractivity contribution is 7.99. The number of rotatable bonds is 6. The van der Waals surface area contributed by atoms with E-state index in [2.05, 4.69) is 16.4 Å². The Morgan fingerprint density at radius 2 is 2.14 bits per heavy atom. The Hall–Kier alpha value is -1.26. The number of pyridine rings is 1. The van der Waals surface area contributed by atoms with Gasteiger partial charge in [0, 0.05) is 18.0 Å². The van der Waals surface area contributed by atoms with Gasteiger partial charge in [-0.15, -0.1) is 11.8 Å². The second-order valence-corrected chi connectivity index (χ2v) is 6.46. The molecule has 114 valence electrons. The van der Waals surface area contributed by atoms with Gasteiger partial charge < -0.3 is 0 Å². The van der Waals surface area contributed by atoms with E-state index in [1.54, 1.807) is 0 Å². The smallest absolute Gasteiger partial charge is 0.297 e. The van der Waals surface area contributed by atoms with Crippen LogP contribution in [0.4, 0.5) is 13.2 Å². The van der Waals surface area contributed by atoms with Gasteiger partial charge in [-0.05, 0) is 38.3 Å². The average Bonchev–Trinajstić information content (AvgIpc) is 3.22. The lowest BCUT2D eigenvalue weighted by Gasteiger charge is -2.22. The molecule has 1 N–H and O–H groups in total. The van der Waals surface area contributed by atoms with Crippen LogP contribution in [-0.2, 0) is 6.18 Å². The van der Waals surface area contributed by atoms with Crippen LogP contribution < -0.4 is 5.32 Å². The summed E-state index contributed by atoms with van der Waals surface area (Å²) in [5.74, 6) is 0.627. The maximum atomic E-state index is 12.4. The van der Waals surface area contributed by atoms with Gasteiger partial charge in [0.05, 0.1) is 16.7 Å². The zero-order valence-electron chi connectivity index (χ0n) is 11.6. The van der Waals surface area contributed by atoms with Gasteiger partial charge >= 0.3 is 6.18 Å². The van der Waals surface area contributed by atoms with Gasteiger partial charge in [-0.3, -0.25) is 5.32 Å². The van der Waals surface area contributed by atoms with E-state index in [4.69, 9.17) is 0 Å². The van der Waals surface area contributed by atoms with Crippen molar-refractivity contribution in [2.45, 2.75) is 49.0 Å². The normalized spacial score (nSPS) is 18.0. The van der Waals surface area contributed by atoms with Gasteiger partial charge in [-0.2, -0.15) is 18.4 Å². The van der Waals surface area contributed by atoms with Crippen molar-refractivity contribution >= 4 is 11.8 Å². The summed E-state index contributed by atoms with van der Waals surface area (Å²) in [7, 11) is 0. The van der Waals surface area contributed by atoms with Crippen LogP contribution in [-0.4, -0.2) is 22.3 Å². The maximum absolute atomic E-state index is 12.4. The first-order chi connectivity index (χ1) is 9.82. The lowest BCUT2D eigenvalue weighted by atomic mass is 10.0. The minimum atomic E-state index is -4.36. The molecule has 2 rings (SSSR count). The molecule has 0 aromatic carbocycles. The Kier molecular flexibility index (Phi) is 4.79. The zero-order chi connectivity index (χ0) is 15.5. The summed E-state index contributed by atoms with van der Waals surface area (Å²) in [4.78, 5) is 3.80. The number of nitrogens with one attached hydrogen (secondary N) is 1. The van der Waals surface area contributed by atoms with Crippen molar-refractivity contribution in [1.82, 2.24) is 10.3 Å². The van der Waals surface area contributed by atoms with Gasteiger partial charge in [-0.25, -0.2) is 4.98 Å². The SMILES string of the molecule is CC(C#N)(CCSc1ccc(C(F)(F)F)cn1)NC1CC1. The van der Waals surface area contributed by atoms with E-state index in [1.807, 2.05) is 6.92 Å². The van der Waals surface area contributed by atoms with Crippen molar-refractivity contribution in [1.29, 1.82) is 5.26 Å². The van der Waals surface area contributed by atoms with Crippen LogP contribution in [0.5, 0.6) is 0 Å². The molecule has 0 saturated heterocycles. The summed E-state index contributed by atoms with van der Waals surface area (Å²) < 4.78 is 37.2. The van der Waals surface area contributed by atoms with Crippen molar-refractivity contribution in [2.24, 2.45) is 0 Å². The first kappa shape index (κ1) is 16.1. The molecule has 7 heteroatoms. The van der Waals surface area contributed by atoms with Crippen molar-refractivity contribution < 1.29 is 13.2 Å². The van der Waals surface area contributed by atoms with Crippen LogP contribution in [0.3, 0.4) is 0 Å². The van der Waals surface area contributed by atoms with Crippen LogP contribution in [0, 0.1) is 11.3 Å². The highest BCUT2D eigenvalue weighted by Gasteiger charge is 2.32. The second kappa shape index (κ2) is 6.24. The summed E-state index contributed by atoms with van der Waals surface area (Å²) in [6, 6.07) is 5.10. The van der Waals surface area contributed by atoms with Crippen LogP contribution in [0.1, 0.15) is 31.7 Å². The van der Waals surface area contributed by atoms with E-state index >= 15 is 0 Å². The van der Waals surface area contributed by atoms with Crippen LogP contribution in [0.15, 0.2) is 23.4 Å². The van der Waals surface area contributed by atoms with Gasteiger partial charge in [0.25, 0.3) is 0 Å². The molecule has 1 saturated carbocycles. The number of nitriles is 1. The molecule has 1 fully saturated rings. The molecule has 3 nitrogen and oxygen atoms in total. The van der Waals surface area contributed by atoms with E-state index in [9.17, 15) is 18.4 Å². The summed E-state index contributed by atoms with van der Waals surface area (Å²) in [6.07, 6.45) is -0.693. The molecular weight excluding hydrogens is 299 g/mol. The summed E-state index contributed by atoms with van der Waals surface area (Å²) >= 11 is 1.36. The summed E-state index contributed by atoms with van der Waals surface area (Å²) in [6.45, 7) is 1.85. The quantitative estimate of drug-likeness (QED) is 0.815. The molecule has 1 heterocycles. The first-order valence-electron chi connectivity index (χ1n) is 6.67. The third-order valence-corrected chi connectivity index (χ3v) is 4.21. The molecule has 1 aromatic heterocycles. The van der Waals surface area contributed by atoms with Gasteiger partial charge in [-0.1, -0.05) is 0 Å². The van der Waals surface area contributed by atoms with Crippen molar-refractivity contribution in [2.75, 3.05) is 5.75 Å². The van der Waals surface area contributed by atoms with Gasteiger partial charge in [0.1, 0.15) is 5.54 Å². The molecular formula is C14H16F3N3S. The monoisotopic (exact) mass is 315 g/mol. The molecule has 0 bridgehead atoms. The topological polar surface area (TPSA) is 48.7 Å². The lowest BCUT2D eigenvalue weighted by molar-refractivity contribution is -0.137. The Morgan fingerprint density at radius 3 is 2.62 bits per heavy atom. The van der Waals surface area contributed by atoms with Crippen LogP contribution in [0.25, 0.3) is 0 Å². The standard InChI is InChI=1S/C14H16F3N3S/c1-13(9-18,20-11-3-4-11)6-7-21-12-5-2-10(8-19-12)14(15,16)17/h2,5,8,11,20H,3-4,6-7H2,1H3. The largest absolute Gasteiger partial charge is 0.417 e. The van der Waals surface area contributed by atoms with Gasteiger partial charge in [0.2, 0.25) is 0 Å². The van der Waals surface area contributed by atoms with E-state index in [0.717, 1.165) is 25.1 Å². The minimum absolute atomic E-state index is 0.434. The Bertz CT molecular complexity index is 520. The predicted octanol–water partition coefficient (Wildman–Crippen LogP) is 3.62. The Morgan fingerprint density at radius 1 is 1.43 bits per heavy atom. The molecule has 0 radical (unpaired) electrons. The number of aromatic nitrogens is 1. The predicted molar refractivity (Wildman–Crippen MR) is 74.8 cm³/mol. The number of halogens is 3. The molecule has 0 amide bonds. The van der Waals surface area contributed by atoms with E-state index in [0.29, 0.717) is 23.2 Å². The fraction of sp³-hybridized carbons (Fsp3) is 0.571. The van der Waals surface area contributed by atoms with Crippen molar-refractivity contribution in [3.8, 4) is 6.07 Å². The third kappa shape index (κ3) is 4.90. The number of thioether (sulfide) groups is 1. The molecule has 1 unspecified atom stereocenters. The highest BCUT2D eigenvalue weighted by Crippen LogP contribution is 2.30. The number of hydrogen-bond acceptors (Lipinski definition) is 4. The molecule has 0 aliphatic heterocycles. The Balaban J connectivity index is 1.84. The lowest BCUT2D eigenvalue weighted by Crippen LogP contribution is -2.42. The molecule has 1 aliphatic carbocycles. The molecule has 0 spiro atoms. The first-order valence-corrected chi connectivity index (χ1v) is 7.66. The third-order valence-electron chi connectivity index (χ3n) is 3.26. The van der Waals surface area contributed by atoms with Crippen LogP contribution >= 0.6 is 11.8 Å². The number of nitrogens with zero attached hydrogens (tertiary/aromatic N) is 2. The average molecular weight is 315 g/mol. The molecule has 21 heavy (non-hydrogen) atoms. The fourth-order valence-electron chi connectivity index (χ4n) is 1.83. The summed E-state index contributed by atoms with van der Waals surface area (Å²) in [5, 5.41) is 13.0. The Labute approximate surface area is 125 Å². The van der Waals surface area contributed by atoms with Crippen LogP contribution in [0.2, 0.25) is 0 Å². The highest BCUT2D eigenvalue weighted by atomic mass is 32.2. The van der Waals surface area contributed by atoms with E-state index in [1.165, 1.54) is 17.8 Å². The summed E-state index contributed by atoms with van der Waals surface area (Å²) in [5.41, 5.74) is -1.33. The van der Waals surface area contributed by atoms with E-state index < -0.39 is 17.3 Å². The second-order valence-electron chi connectivity index (χ2n) is 5.34. The maximum Gasteiger partial charge on any atom is 0.417 e. The van der Waals surface area contributed by atoms with Gasteiger partial charge in [0.15, 0.2) is 0 Å². The number of alkyl halides is 3.